The second-order valence-corrected chi connectivity index (χ2v) is 6.47. The van der Waals surface area contributed by atoms with E-state index in [1.54, 1.807) is 6.07 Å². The van der Waals surface area contributed by atoms with E-state index in [4.69, 9.17) is 5.11 Å². The maximum atomic E-state index is 12.6. The Morgan fingerprint density at radius 3 is 2.42 bits per heavy atom. The summed E-state index contributed by atoms with van der Waals surface area (Å²) in [4.78, 5) is 27.4. The van der Waals surface area contributed by atoms with Gasteiger partial charge in [-0.3, -0.25) is 4.79 Å². The van der Waals surface area contributed by atoms with E-state index in [1.165, 1.54) is 11.6 Å². The lowest BCUT2D eigenvalue weighted by Crippen LogP contribution is -2.36. The van der Waals surface area contributed by atoms with E-state index in [-0.39, 0.29) is 11.6 Å². The number of rotatable bonds is 4. The highest BCUT2D eigenvalue weighted by Gasteiger charge is 2.20. The summed E-state index contributed by atoms with van der Waals surface area (Å²) < 4.78 is 0. The quantitative estimate of drug-likeness (QED) is 0.900. The Balaban J connectivity index is 1.59. The van der Waals surface area contributed by atoms with Gasteiger partial charge in [-0.25, -0.2) is 4.79 Å². The zero-order valence-corrected chi connectivity index (χ0v) is 14.8. The maximum absolute atomic E-state index is 12.6. The number of carboxylic acids is 1. The van der Waals surface area contributed by atoms with Crippen LogP contribution >= 0.6 is 0 Å². The lowest BCUT2D eigenvalue weighted by atomic mass is 10.1. The summed E-state index contributed by atoms with van der Waals surface area (Å²) in [6.45, 7) is 4.77. The van der Waals surface area contributed by atoms with Crippen LogP contribution in [0, 0.1) is 6.92 Å². The summed E-state index contributed by atoms with van der Waals surface area (Å²) >= 11 is 0. The molecule has 1 saturated heterocycles. The van der Waals surface area contributed by atoms with Crippen molar-refractivity contribution in [3.63, 3.8) is 0 Å². The van der Waals surface area contributed by atoms with Gasteiger partial charge >= 0.3 is 5.97 Å². The molecule has 2 aromatic rings. The van der Waals surface area contributed by atoms with Gasteiger partial charge in [0.05, 0.1) is 6.42 Å². The molecule has 2 heterocycles. The lowest BCUT2D eigenvalue weighted by molar-refractivity contribution is -0.130. The molecule has 1 aromatic heterocycles. The van der Waals surface area contributed by atoms with Crippen LogP contribution in [0.1, 0.15) is 28.0 Å². The predicted molar refractivity (Wildman–Crippen MR) is 97.3 cm³/mol. The molecular weight excluding hydrogens is 332 g/mol. The minimum atomic E-state index is -1.09. The highest BCUT2D eigenvalue weighted by Crippen LogP contribution is 2.14. The van der Waals surface area contributed by atoms with Crippen LogP contribution in [0.4, 0.5) is 5.82 Å². The fourth-order valence-electron chi connectivity index (χ4n) is 3.00. The summed E-state index contributed by atoms with van der Waals surface area (Å²) in [6.07, 6.45) is 1.25. The Kier molecular flexibility index (Phi) is 5.46. The normalized spacial score (nSPS) is 14.8. The summed E-state index contributed by atoms with van der Waals surface area (Å²) in [5.74, 6) is -0.321. The summed E-state index contributed by atoms with van der Waals surface area (Å²) in [6, 6.07) is 11.2. The predicted octanol–water partition coefficient (Wildman–Crippen LogP) is 1.76. The van der Waals surface area contributed by atoms with Crippen molar-refractivity contribution in [2.75, 3.05) is 31.1 Å². The maximum Gasteiger partial charge on any atom is 0.356 e. The third kappa shape index (κ3) is 4.36. The van der Waals surface area contributed by atoms with Crippen LogP contribution in [-0.4, -0.2) is 58.3 Å². The Hall–Kier alpha value is -2.96. The standard InChI is InChI=1S/C19H22N4O3/c1-14-3-5-15(6-4-14)13-18(24)23-10-2-9-22(11-12-23)17-8-7-16(19(25)26)20-21-17/h3-8H,2,9-13H2,1H3,(H,25,26). The average Bonchev–Trinajstić information content (AvgIpc) is 2.90. The molecule has 0 spiro atoms. The van der Waals surface area contributed by atoms with Gasteiger partial charge in [0.15, 0.2) is 11.5 Å². The number of carbonyl (C=O) groups excluding carboxylic acids is 1. The van der Waals surface area contributed by atoms with Gasteiger partial charge in [0.25, 0.3) is 0 Å². The number of hydrogen-bond acceptors (Lipinski definition) is 5. The minimum absolute atomic E-state index is 0.0709. The van der Waals surface area contributed by atoms with Crippen molar-refractivity contribution in [3.05, 3.63) is 53.2 Å². The number of amides is 1. The van der Waals surface area contributed by atoms with Gasteiger partial charge in [0.1, 0.15) is 0 Å². The average molecular weight is 354 g/mol. The first-order chi connectivity index (χ1) is 12.5. The summed E-state index contributed by atoms with van der Waals surface area (Å²) in [5.41, 5.74) is 2.14. The molecule has 7 nitrogen and oxygen atoms in total. The van der Waals surface area contributed by atoms with Crippen molar-refractivity contribution in [3.8, 4) is 0 Å². The van der Waals surface area contributed by atoms with Gasteiger partial charge in [-0.2, -0.15) is 0 Å². The van der Waals surface area contributed by atoms with Crippen LogP contribution in [0.2, 0.25) is 0 Å². The molecule has 1 amide bonds. The third-order valence-corrected chi connectivity index (χ3v) is 4.52. The zero-order chi connectivity index (χ0) is 18.5. The molecule has 1 aliphatic heterocycles. The molecule has 136 valence electrons. The minimum Gasteiger partial charge on any atom is -0.476 e. The number of nitrogens with zero attached hydrogens (tertiary/aromatic N) is 4. The molecule has 0 bridgehead atoms. The van der Waals surface area contributed by atoms with E-state index in [0.717, 1.165) is 18.5 Å². The van der Waals surface area contributed by atoms with Crippen LogP contribution in [-0.2, 0) is 11.2 Å². The Bertz CT molecular complexity index is 774. The van der Waals surface area contributed by atoms with E-state index in [2.05, 4.69) is 10.2 Å². The smallest absolute Gasteiger partial charge is 0.356 e. The van der Waals surface area contributed by atoms with E-state index in [9.17, 15) is 9.59 Å². The number of hydrogen-bond donors (Lipinski definition) is 1. The Morgan fingerprint density at radius 1 is 1.00 bits per heavy atom. The van der Waals surface area contributed by atoms with Crippen LogP contribution in [0.15, 0.2) is 36.4 Å². The van der Waals surface area contributed by atoms with E-state index in [1.807, 2.05) is 41.0 Å². The number of carbonyl (C=O) groups is 2. The molecular formula is C19H22N4O3. The van der Waals surface area contributed by atoms with Crippen molar-refractivity contribution in [2.24, 2.45) is 0 Å². The zero-order valence-electron chi connectivity index (χ0n) is 14.8. The largest absolute Gasteiger partial charge is 0.476 e. The topological polar surface area (TPSA) is 86.6 Å². The highest BCUT2D eigenvalue weighted by atomic mass is 16.4. The summed E-state index contributed by atoms with van der Waals surface area (Å²) in [5, 5.41) is 16.6. The van der Waals surface area contributed by atoms with Gasteiger partial charge in [-0.15, -0.1) is 10.2 Å². The second-order valence-electron chi connectivity index (χ2n) is 6.47. The van der Waals surface area contributed by atoms with Gasteiger partial charge in [-0.1, -0.05) is 29.8 Å². The Morgan fingerprint density at radius 2 is 1.77 bits per heavy atom. The van der Waals surface area contributed by atoms with Crippen LogP contribution in [0.5, 0.6) is 0 Å². The third-order valence-electron chi connectivity index (χ3n) is 4.52. The van der Waals surface area contributed by atoms with Gasteiger partial charge in [0, 0.05) is 26.2 Å². The van der Waals surface area contributed by atoms with Gasteiger partial charge in [-0.05, 0) is 31.0 Å². The molecule has 0 radical (unpaired) electrons. The number of benzene rings is 1. The number of aryl methyl sites for hydroxylation is 1. The van der Waals surface area contributed by atoms with E-state index in [0.29, 0.717) is 31.9 Å². The Labute approximate surface area is 152 Å². The molecule has 7 heteroatoms. The number of aromatic carboxylic acids is 1. The van der Waals surface area contributed by atoms with Crippen LogP contribution < -0.4 is 4.90 Å². The van der Waals surface area contributed by atoms with Crippen LogP contribution in [0.3, 0.4) is 0 Å². The molecule has 1 fully saturated rings. The van der Waals surface area contributed by atoms with E-state index >= 15 is 0 Å². The number of carboxylic acid groups (broad SMARTS) is 1. The highest BCUT2D eigenvalue weighted by molar-refractivity contribution is 5.85. The molecule has 26 heavy (non-hydrogen) atoms. The molecule has 0 saturated carbocycles. The van der Waals surface area contributed by atoms with Crippen molar-refractivity contribution in [1.29, 1.82) is 0 Å². The van der Waals surface area contributed by atoms with E-state index < -0.39 is 5.97 Å². The fourth-order valence-corrected chi connectivity index (χ4v) is 3.00. The lowest BCUT2D eigenvalue weighted by Gasteiger charge is -2.22. The van der Waals surface area contributed by atoms with Gasteiger partial charge < -0.3 is 14.9 Å². The second kappa shape index (κ2) is 7.95. The van der Waals surface area contributed by atoms with Crippen molar-refractivity contribution in [2.45, 2.75) is 19.8 Å². The molecule has 0 unspecified atom stereocenters. The number of anilines is 1. The molecule has 3 rings (SSSR count). The first-order valence-corrected chi connectivity index (χ1v) is 8.68. The summed E-state index contributed by atoms with van der Waals surface area (Å²) in [7, 11) is 0. The molecule has 1 N–H and O–H groups in total. The van der Waals surface area contributed by atoms with Crippen molar-refractivity contribution >= 4 is 17.7 Å². The first kappa shape index (κ1) is 17.8. The molecule has 0 aliphatic carbocycles. The van der Waals surface area contributed by atoms with Crippen molar-refractivity contribution in [1.82, 2.24) is 15.1 Å². The SMILES string of the molecule is Cc1ccc(CC(=O)N2CCCN(c3ccc(C(=O)O)nn3)CC2)cc1. The van der Waals surface area contributed by atoms with Crippen LogP contribution in [0.25, 0.3) is 0 Å². The molecule has 1 aliphatic rings. The van der Waals surface area contributed by atoms with Crippen molar-refractivity contribution < 1.29 is 14.7 Å². The molecule has 0 atom stereocenters. The monoisotopic (exact) mass is 354 g/mol. The van der Waals surface area contributed by atoms with Gasteiger partial charge in [0.2, 0.25) is 5.91 Å². The number of aromatic nitrogens is 2. The fraction of sp³-hybridized carbons (Fsp3) is 0.368. The molecule has 1 aromatic carbocycles. The first-order valence-electron chi connectivity index (χ1n) is 8.68.